The molecule has 122 valence electrons. The van der Waals surface area contributed by atoms with E-state index < -0.39 is 21.9 Å². The molecule has 0 saturated heterocycles. The highest BCUT2D eigenvalue weighted by molar-refractivity contribution is 7.92. The van der Waals surface area contributed by atoms with Gasteiger partial charge in [-0.2, -0.15) is 0 Å². The van der Waals surface area contributed by atoms with Gasteiger partial charge in [-0.15, -0.1) is 11.3 Å². The molecule has 0 unspecified atom stereocenters. The Kier molecular flexibility index (Phi) is 5.02. The first-order valence-electron chi connectivity index (χ1n) is 6.35. The number of methoxy groups -OCH3 is 1. The standard InChI is InChI=1S/C14H14N2O5S2/c1-21-14(18)12-11(7-8-22-12)15-13(17)9-3-5-10(6-4-9)16-23(2,19)20/h3-8,16H,1-2H3,(H,15,17). The number of thiophene rings is 1. The van der Waals surface area contributed by atoms with E-state index in [4.69, 9.17) is 0 Å². The van der Waals surface area contributed by atoms with E-state index in [2.05, 4.69) is 14.8 Å². The molecule has 9 heteroatoms. The predicted octanol–water partition coefficient (Wildman–Crippen LogP) is 2.16. The van der Waals surface area contributed by atoms with E-state index in [0.717, 1.165) is 17.6 Å². The molecular formula is C14H14N2O5S2. The van der Waals surface area contributed by atoms with Gasteiger partial charge >= 0.3 is 5.97 Å². The number of carbonyl (C=O) groups excluding carboxylic acids is 2. The Morgan fingerprint density at radius 3 is 2.35 bits per heavy atom. The smallest absolute Gasteiger partial charge is 0.350 e. The Bertz CT molecular complexity index is 825. The van der Waals surface area contributed by atoms with Crippen molar-refractivity contribution in [3.8, 4) is 0 Å². The predicted molar refractivity (Wildman–Crippen MR) is 88.5 cm³/mol. The highest BCUT2D eigenvalue weighted by Crippen LogP contribution is 2.24. The second kappa shape index (κ2) is 6.80. The zero-order valence-corrected chi connectivity index (χ0v) is 14.0. The van der Waals surface area contributed by atoms with Crippen LogP contribution >= 0.6 is 11.3 Å². The first-order chi connectivity index (χ1) is 10.8. The molecule has 0 aliphatic heterocycles. The van der Waals surface area contributed by atoms with Gasteiger partial charge in [-0.05, 0) is 35.7 Å². The van der Waals surface area contributed by atoms with E-state index in [9.17, 15) is 18.0 Å². The molecule has 2 rings (SSSR count). The fraction of sp³-hybridized carbons (Fsp3) is 0.143. The molecule has 0 atom stereocenters. The molecule has 0 aliphatic rings. The number of carbonyl (C=O) groups is 2. The van der Waals surface area contributed by atoms with Crippen LogP contribution in [0.5, 0.6) is 0 Å². The van der Waals surface area contributed by atoms with E-state index >= 15 is 0 Å². The minimum Gasteiger partial charge on any atom is -0.465 e. The van der Waals surface area contributed by atoms with Crippen molar-refractivity contribution in [3.63, 3.8) is 0 Å². The Labute approximate surface area is 137 Å². The minimum atomic E-state index is -3.37. The molecule has 7 nitrogen and oxygen atoms in total. The van der Waals surface area contributed by atoms with Crippen molar-refractivity contribution in [2.45, 2.75) is 0 Å². The maximum Gasteiger partial charge on any atom is 0.350 e. The summed E-state index contributed by atoms with van der Waals surface area (Å²) in [6.45, 7) is 0. The van der Waals surface area contributed by atoms with Gasteiger partial charge in [-0.1, -0.05) is 0 Å². The number of hydrogen-bond donors (Lipinski definition) is 2. The minimum absolute atomic E-state index is 0.302. The lowest BCUT2D eigenvalue weighted by Gasteiger charge is -2.07. The molecule has 1 heterocycles. The topological polar surface area (TPSA) is 102 Å². The Morgan fingerprint density at radius 1 is 1.13 bits per heavy atom. The van der Waals surface area contributed by atoms with Gasteiger partial charge in [-0.25, -0.2) is 13.2 Å². The van der Waals surface area contributed by atoms with Crippen molar-refractivity contribution in [1.29, 1.82) is 0 Å². The summed E-state index contributed by atoms with van der Waals surface area (Å²) in [7, 11) is -2.10. The Hall–Kier alpha value is -2.39. The zero-order valence-electron chi connectivity index (χ0n) is 12.3. The molecule has 1 aromatic carbocycles. The lowest BCUT2D eigenvalue weighted by atomic mass is 10.2. The normalized spacial score (nSPS) is 10.9. The number of sulfonamides is 1. The molecule has 0 radical (unpaired) electrons. The summed E-state index contributed by atoms with van der Waals surface area (Å²) >= 11 is 1.16. The number of amides is 1. The van der Waals surface area contributed by atoms with Gasteiger partial charge in [0.05, 0.1) is 19.1 Å². The summed E-state index contributed by atoms with van der Waals surface area (Å²) in [6.07, 6.45) is 1.04. The average Bonchev–Trinajstić information content (AvgIpc) is 2.93. The van der Waals surface area contributed by atoms with Gasteiger partial charge in [0, 0.05) is 11.3 Å². The summed E-state index contributed by atoms with van der Waals surface area (Å²) in [5.74, 6) is -0.942. The second-order valence-corrected chi connectivity index (χ2v) is 7.23. The lowest BCUT2D eigenvalue weighted by molar-refractivity contribution is 0.0607. The Morgan fingerprint density at radius 2 is 1.78 bits per heavy atom. The van der Waals surface area contributed by atoms with E-state index in [1.807, 2.05) is 0 Å². The van der Waals surface area contributed by atoms with Gasteiger partial charge in [0.1, 0.15) is 4.88 Å². The van der Waals surface area contributed by atoms with Crippen molar-refractivity contribution in [1.82, 2.24) is 0 Å². The van der Waals surface area contributed by atoms with Gasteiger partial charge in [0.25, 0.3) is 5.91 Å². The van der Waals surface area contributed by atoms with Crippen LogP contribution in [-0.2, 0) is 14.8 Å². The number of hydrogen-bond acceptors (Lipinski definition) is 6. The zero-order chi connectivity index (χ0) is 17.0. The van der Waals surface area contributed by atoms with Crippen LogP contribution in [0.2, 0.25) is 0 Å². The Balaban J connectivity index is 2.13. The van der Waals surface area contributed by atoms with Crippen LogP contribution < -0.4 is 10.0 Å². The first kappa shape index (κ1) is 17.0. The summed E-state index contributed by atoms with van der Waals surface area (Å²) < 4.78 is 29.2. The largest absolute Gasteiger partial charge is 0.465 e. The van der Waals surface area contributed by atoms with E-state index in [1.165, 1.54) is 31.4 Å². The second-order valence-electron chi connectivity index (χ2n) is 4.56. The lowest BCUT2D eigenvalue weighted by Crippen LogP contribution is -2.14. The highest BCUT2D eigenvalue weighted by atomic mass is 32.2. The summed E-state index contributed by atoms with van der Waals surface area (Å²) in [5.41, 5.74) is 1.05. The third kappa shape index (κ3) is 4.54. The van der Waals surface area contributed by atoms with Gasteiger partial charge in [0.2, 0.25) is 10.0 Å². The maximum absolute atomic E-state index is 12.2. The number of anilines is 2. The molecule has 0 bridgehead atoms. The molecule has 2 N–H and O–H groups in total. The molecule has 0 fully saturated rings. The molecule has 0 spiro atoms. The molecular weight excluding hydrogens is 340 g/mol. The number of esters is 1. The summed E-state index contributed by atoms with van der Waals surface area (Å²) in [4.78, 5) is 24.0. The van der Waals surface area contributed by atoms with Crippen molar-refractivity contribution >= 4 is 44.6 Å². The van der Waals surface area contributed by atoms with Crippen LogP contribution in [0, 0.1) is 0 Å². The van der Waals surface area contributed by atoms with E-state index in [0.29, 0.717) is 21.8 Å². The van der Waals surface area contributed by atoms with Crippen LogP contribution in [0.1, 0.15) is 20.0 Å². The number of ether oxygens (including phenoxy) is 1. The van der Waals surface area contributed by atoms with Crippen LogP contribution in [-0.4, -0.2) is 33.7 Å². The molecule has 2 aromatic rings. The third-order valence-corrected chi connectivity index (χ3v) is 4.24. The van der Waals surface area contributed by atoms with Gasteiger partial charge < -0.3 is 10.1 Å². The summed E-state index contributed by atoms with van der Waals surface area (Å²) in [5, 5.41) is 4.29. The number of rotatable bonds is 5. The van der Waals surface area contributed by atoms with Crippen molar-refractivity contribution < 1.29 is 22.7 Å². The quantitative estimate of drug-likeness (QED) is 0.801. The van der Waals surface area contributed by atoms with Crippen LogP contribution in [0.3, 0.4) is 0 Å². The average molecular weight is 354 g/mol. The van der Waals surface area contributed by atoms with Crippen LogP contribution in [0.25, 0.3) is 0 Å². The van der Waals surface area contributed by atoms with Crippen LogP contribution in [0.4, 0.5) is 11.4 Å². The van der Waals surface area contributed by atoms with E-state index in [1.54, 1.807) is 11.4 Å². The van der Waals surface area contributed by atoms with Crippen molar-refractivity contribution in [2.24, 2.45) is 0 Å². The molecule has 0 aliphatic carbocycles. The SMILES string of the molecule is COC(=O)c1sccc1NC(=O)c1ccc(NS(C)(=O)=O)cc1. The number of benzene rings is 1. The molecule has 23 heavy (non-hydrogen) atoms. The number of nitrogens with one attached hydrogen (secondary N) is 2. The fourth-order valence-corrected chi connectivity index (χ4v) is 3.09. The van der Waals surface area contributed by atoms with Gasteiger partial charge in [-0.3, -0.25) is 9.52 Å². The molecule has 0 saturated carbocycles. The van der Waals surface area contributed by atoms with Gasteiger partial charge in [0.15, 0.2) is 0 Å². The fourth-order valence-electron chi connectivity index (χ4n) is 1.76. The van der Waals surface area contributed by atoms with Crippen LogP contribution in [0.15, 0.2) is 35.7 Å². The highest BCUT2D eigenvalue weighted by Gasteiger charge is 2.16. The van der Waals surface area contributed by atoms with Crippen molar-refractivity contribution in [2.75, 3.05) is 23.4 Å². The van der Waals surface area contributed by atoms with E-state index in [-0.39, 0.29) is 0 Å². The monoisotopic (exact) mass is 354 g/mol. The molecule has 1 amide bonds. The summed E-state index contributed by atoms with van der Waals surface area (Å²) in [6, 6.07) is 7.52. The molecule has 1 aromatic heterocycles. The third-order valence-electron chi connectivity index (χ3n) is 2.73. The van der Waals surface area contributed by atoms with Crippen molar-refractivity contribution in [3.05, 3.63) is 46.2 Å². The maximum atomic E-state index is 12.2. The first-order valence-corrected chi connectivity index (χ1v) is 9.12.